The highest BCUT2D eigenvalue weighted by Gasteiger charge is 2.17. The number of aliphatic hydroxyl groups excluding tert-OH is 2. The van der Waals surface area contributed by atoms with Crippen LogP contribution in [0.1, 0.15) is 33.1 Å². The normalized spacial score (nSPS) is 13.7. The summed E-state index contributed by atoms with van der Waals surface area (Å²) in [5, 5.41) is 22.2. The molecule has 1 heterocycles. The van der Waals surface area contributed by atoms with Gasteiger partial charge in [-0.3, -0.25) is 0 Å². The first-order valence-electron chi connectivity index (χ1n) is 7.01. The molecule has 5 heteroatoms. The van der Waals surface area contributed by atoms with Gasteiger partial charge in [-0.2, -0.15) is 0 Å². The molecule has 2 nitrogen and oxygen atoms in total. The van der Waals surface area contributed by atoms with Gasteiger partial charge in [0.2, 0.25) is 0 Å². The molecule has 2 atom stereocenters. The zero-order valence-corrected chi connectivity index (χ0v) is 14.3. The summed E-state index contributed by atoms with van der Waals surface area (Å²) in [5.41, 5.74) is 1.53. The van der Waals surface area contributed by atoms with Crippen molar-refractivity contribution in [3.63, 3.8) is 0 Å². The molecule has 2 N–H and O–H groups in total. The summed E-state index contributed by atoms with van der Waals surface area (Å²) in [6.07, 6.45) is -1.47. The van der Waals surface area contributed by atoms with E-state index in [1.54, 1.807) is 48.5 Å². The largest absolute Gasteiger partial charge is 0.383 e. The molecule has 0 spiro atoms. The van der Waals surface area contributed by atoms with Gasteiger partial charge in [-0.15, -0.1) is 11.3 Å². The van der Waals surface area contributed by atoms with E-state index in [9.17, 15) is 10.2 Å². The Morgan fingerprint density at radius 2 is 0.957 bits per heavy atom. The molecule has 0 bridgehead atoms. The Morgan fingerprint density at radius 3 is 1.30 bits per heavy atom. The first-order valence-corrected chi connectivity index (χ1v) is 8.58. The fourth-order valence-corrected chi connectivity index (χ4v) is 3.57. The van der Waals surface area contributed by atoms with Crippen LogP contribution in [-0.2, 0) is 0 Å². The summed E-state index contributed by atoms with van der Waals surface area (Å²) in [5.74, 6) is 0. The Bertz CT molecular complexity index is 716. The predicted octanol–water partition coefficient (Wildman–Crippen LogP) is 5.22. The smallest absolute Gasteiger partial charge is 0.113 e. The molecule has 0 amide bonds. The van der Waals surface area contributed by atoms with Crippen molar-refractivity contribution in [2.24, 2.45) is 0 Å². The molecule has 2 aromatic carbocycles. The minimum Gasteiger partial charge on any atom is -0.383 e. The average molecular weight is 365 g/mol. The first kappa shape index (κ1) is 16.5. The van der Waals surface area contributed by atoms with Gasteiger partial charge in [0.15, 0.2) is 0 Å². The number of rotatable bonds is 4. The van der Waals surface area contributed by atoms with E-state index in [1.165, 1.54) is 11.3 Å². The van der Waals surface area contributed by atoms with Gasteiger partial charge in [0, 0.05) is 19.8 Å². The molecule has 0 fully saturated rings. The van der Waals surface area contributed by atoms with Crippen molar-refractivity contribution in [3.05, 3.63) is 91.6 Å². The summed E-state index contributed by atoms with van der Waals surface area (Å²) in [7, 11) is 0. The quantitative estimate of drug-likeness (QED) is 0.666. The molecule has 0 aliphatic carbocycles. The van der Waals surface area contributed by atoms with Gasteiger partial charge >= 0.3 is 0 Å². The Kier molecular flexibility index (Phi) is 5.05. The molecule has 0 aliphatic heterocycles. The molecule has 0 radical (unpaired) electrons. The van der Waals surface area contributed by atoms with Crippen molar-refractivity contribution in [2.75, 3.05) is 0 Å². The predicted molar refractivity (Wildman–Crippen MR) is 95.3 cm³/mol. The van der Waals surface area contributed by atoms with Crippen LogP contribution in [0, 0.1) is 0 Å². The van der Waals surface area contributed by atoms with Crippen LogP contribution in [0.4, 0.5) is 0 Å². The van der Waals surface area contributed by atoms with E-state index in [-0.39, 0.29) is 0 Å². The van der Waals surface area contributed by atoms with Gasteiger partial charge in [-0.25, -0.2) is 0 Å². The molecule has 0 saturated carbocycles. The molecular formula is C18H14Cl2O2S. The van der Waals surface area contributed by atoms with E-state index in [0.717, 1.165) is 20.9 Å². The summed E-state index contributed by atoms with van der Waals surface area (Å²) in [6, 6.07) is 17.8. The van der Waals surface area contributed by atoms with E-state index in [2.05, 4.69) is 0 Å². The fraction of sp³-hybridized carbons (Fsp3) is 0.111. The number of hydrogen-bond donors (Lipinski definition) is 2. The fourth-order valence-electron chi connectivity index (χ4n) is 2.28. The van der Waals surface area contributed by atoms with Crippen LogP contribution in [0.3, 0.4) is 0 Å². The third kappa shape index (κ3) is 3.77. The summed E-state index contributed by atoms with van der Waals surface area (Å²) < 4.78 is 0. The van der Waals surface area contributed by atoms with E-state index in [4.69, 9.17) is 23.2 Å². The van der Waals surface area contributed by atoms with Crippen molar-refractivity contribution < 1.29 is 10.2 Å². The monoisotopic (exact) mass is 364 g/mol. The molecule has 1 aromatic heterocycles. The lowest BCUT2D eigenvalue weighted by Crippen LogP contribution is -1.97. The zero-order chi connectivity index (χ0) is 16.4. The van der Waals surface area contributed by atoms with Crippen molar-refractivity contribution >= 4 is 34.5 Å². The Balaban J connectivity index is 1.82. The van der Waals surface area contributed by atoms with Crippen LogP contribution in [-0.4, -0.2) is 10.2 Å². The average Bonchev–Trinajstić information content (AvgIpc) is 3.05. The lowest BCUT2D eigenvalue weighted by atomic mass is 10.1. The van der Waals surface area contributed by atoms with E-state index in [0.29, 0.717) is 10.0 Å². The number of benzene rings is 2. The summed E-state index contributed by atoms with van der Waals surface area (Å²) >= 11 is 13.1. The Morgan fingerprint density at radius 1 is 0.609 bits per heavy atom. The lowest BCUT2D eigenvalue weighted by Gasteiger charge is -2.10. The second-order valence-electron chi connectivity index (χ2n) is 5.15. The third-order valence-electron chi connectivity index (χ3n) is 3.56. The van der Waals surface area contributed by atoms with Crippen LogP contribution in [0.2, 0.25) is 10.0 Å². The van der Waals surface area contributed by atoms with Crippen LogP contribution in [0.15, 0.2) is 60.7 Å². The van der Waals surface area contributed by atoms with E-state index in [1.807, 2.05) is 12.1 Å². The van der Waals surface area contributed by atoms with Crippen molar-refractivity contribution in [1.29, 1.82) is 0 Å². The van der Waals surface area contributed by atoms with Crippen LogP contribution >= 0.6 is 34.5 Å². The van der Waals surface area contributed by atoms with Gasteiger partial charge in [0.1, 0.15) is 12.2 Å². The topological polar surface area (TPSA) is 40.5 Å². The lowest BCUT2D eigenvalue weighted by molar-refractivity contribution is 0.223. The van der Waals surface area contributed by atoms with Crippen LogP contribution in [0.25, 0.3) is 0 Å². The maximum absolute atomic E-state index is 10.5. The van der Waals surface area contributed by atoms with Crippen molar-refractivity contribution in [3.8, 4) is 0 Å². The minimum absolute atomic E-state index is 0.631. The standard InChI is InChI=1S/C18H14Cl2O2S/c19-13-5-1-11(2-6-13)17(21)15-9-10-16(23-15)18(22)12-3-7-14(20)8-4-12/h1-10,17-18,21-22H. The third-order valence-corrected chi connectivity index (χ3v) is 5.25. The van der Waals surface area contributed by atoms with Gasteiger partial charge in [-0.1, -0.05) is 47.5 Å². The minimum atomic E-state index is -0.733. The number of aliphatic hydroxyl groups is 2. The zero-order valence-electron chi connectivity index (χ0n) is 12.0. The molecule has 3 rings (SSSR count). The van der Waals surface area contributed by atoms with Crippen LogP contribution in [0.5, 0.6) is 0 Å². The van der Waals surface area contributed by atoms with Gasteiger partial charge < -0.3 is 10.2 Å². The molecule has 0 saturated heterocycles. The van der Waals surface area contributed by atoms with Crippen molar-refractivity contribution in [2.45, 2.75) is 12.2 Å². The van der Waals surface area contributed by atoms with E-state index >= 15 is 0 Å². The number of halogens is 2. The second-order valence-corrected chi connectivity index (χ2v) is 7.17. The second kappa shape index (κ2) is 7.04. The number of hydrogen-bond acceptors (Lipinski definition) is 3. The Hall–Kier alpha value is -1.36. The summed E-state index contributed by atoms with van der Waals surface area (Å²) in [6.45, 7) is 0. The highest BCUT2D eigenvalue weighted by molar-refractivity contribution is 7.12. The SMILES string of the molecule is OC(c1ccc(Cl)cc1)c1ccc(C(O)c2ccc(Cl)cc2)s1. The molecule has 3 aromatic rings. The molecule has 0 aliphatic rings. The van der Waals surface area contributed by atoms with Crippen molar-refractivity contribution in [1.82, 2.24) is 0 Å². The van der Waals surface area contributed by atoms with Gasteiger partial charge in [-0.05, 0) is 47.5 Å². The maximum atomic E-state index is 10.5. The Labute approximate surface area is 148 Å². The highest BCUT2D eigenvalue weighted by atomic mass is 35.5. The molecular weight excluding hydrogens is 351 g/mol. The maximum Gasteiger partial charge on any atom is 0.113 e. The molecule has 2 unspecified atom stereocenters. The van der Waals surface area contributed by atoms with Gasteiger partial charge in [0.05, 0.1) is 0 Å². The first-order chi connectivity index (χ1) is 11.0. The summed E-state index contributed by atoms with van der Waals surface area (Å²) in [4.78, 5) is 1.55. The van der Waals surface area contributed by atoms with Crippen LogP contribution < -0.4 is 0 Å². The van der Waals surface area contributed by atoms with Gasteiger partial charge in [0.25, 0.3) is 0 Å². The molecule has 23 heavy (non-hydrogen) atoms. The highest BCUT2D eigenvalue weighted by Crippen LogP contribution is 2.34. The van der Waals surface area contributed by atoms with E-state index < -0.39 is 12.2 Å². The number of thiophene rings is 1. The molecule has 118 valence electrons.